The standard InChI is InChI=1S/C23H16Cl2FN3/c24-18-9-8-16(26)10-17(18)22-21(27-20-7-3-6-19(25)23(20)28-22)13-29-11-14-4-1-2-5-15(14)12-29/h1-10H,11-13H2. The second-order valence-corrected chi connectivity index (χ2v) is 7.98. The van der Waals surface area contributed by atoms with Crippen LogP contribution in [0.1, 0.15) is 16.8 Å². The first-order valence-electron chi connectivity index (χ1n) is 9.28. The van der Waals surface area contributed by atoms with Crippen LogP contribution >= 0.6 is 23.2 Å². The number of fused-ring (bicyclic) bond motifs is 2. The van der Waals surface area contributed by atoms with E-state index in [0.29, 0.717) is 38.9 Å². The highest BCUT2D eigenvalue weighted by Gasteiger charge is 2.22. The van der Waals surface area contributed by atoms with Crippen molar-refractivity contribution in [1.82, 2.24) is 14.9 Å². The van der Waals surface area contributed by atoms with E-state index in [0.717, 1.165) is 18.8 Å². The van der Waals surface area contributed by atoms with Gasteiger partial charge in [-0.3, -0.25) is 4.90 Å². The quantitative estimate of drug-likeness (QED) is 0.389. The topological polar surface area (TPSA) is 29.0 Å². The summed E-state index contributed by atoms with van der Waals surface area (Å²) >= 11 is 12.8. The van der Waals surface area contributed by atoms with Gasteiger partial charge in [0.15, 0.2) is 0 Å². The Kier molecular flexibility index (Phi) is 4.70. The lowest BCUT2D eigenvalue weighted by molar-refractivity contribution is 0.272. The van der Waals surface area contributed by atoms with Crippen LogP contribution < -0.4 is 0 Å². The second-order valence-electron chi connectivity index (χ2n) is 7.16. The number of para-hydroxylation sites is 1. The van der Waals surface area contributed by atoms with Crippen molar-refractivity contribution in [3.63, 3.8) is 0 Å². The van der Waals surface area contributed by atoms with Gasteiger partial charge in [0, 0.05) is 25.2 Å². The zero-order valence-corrected chi connectivity index (χ0v) is 16.9. The molecule has 0 unspecified atom stereocenters. The van der Waals surface area contributed by atoms with Crippen molar-refractivity contribution in [2.75, 3.05) is 0 Å². The molecular weight excluding hydrogens is 408 g/mol. The van der Waals surface area contributed by atoms with Crippen molar-refractivity contribution < 1.29 is 4.39 Å². The molecule has 1 aliphatic rings. The third-order valence-corrected chi connectivity index (χ3v) is 5.82. The minimum Gasteiger partial charge on any atom is -0.289 e. The van der Waals surface area contributed by atoms with E-state index in [4.69, 9.17) is 33.2 Å². The highest BCUT2D eigenvalue weighted by atomic mass is 35.5. The van der Waals surface area contributed by atoms with Crippen LogP contribution in [0.2, 0.25) is 10.0 Å². The van der Waals surface area contributed by atoms with Gasteiger partial charge in [-0.15, -0.1) is 0 Å². The fourth-order valence-corrected chi connectivity index (χ4v) is 4.23. The van der Waals surface area contributed by atoms with Crippen molar-refractivity contribution in [3.05, 3.63) is 93.3 Å². The van der Waals surface area contributed by atoms with Crippen LogP contribution in [-0.4, -0.2) is 14.9 Å². The molecule has 0 saturated carbocycles. The third-order valence-electron chi connectivity index (χ3n) is 5.18. The summed E-state index contributed by atoms with van der Waals surface area (Å²) in [7, 11) is 0. The van der Waals surface area contributed by atoms with E-state index >= 15 is 0 Å². The van der Waals surface area contributed by atoms with Gasteiger partial charge >= 0.3 is 0 Å². The van der Waals surface area contributed by atoms with Crippen LogP contribution in [-0.2, 0) is 19.6 Å². The molecule has 6 heteroatoms. The van der Waals surface area contributed by atoms with Gasteiger partial charge < -0.3 is 0 Å². The molecule has 1 aromatic heterocycles. The fraction of sp³-hybridized carbons (Fsp3) is 0.130. The number of benzene rings is 3. The highest BCUT2D eigenvalue weighted by molar-refractivity contribution is 6.35. The van der Waals surface area contributed by atoms with Crippen LogP contribution in [0.3, 0.4) is 0 Å². The van der Waals surface area contributed by atoms with Gasteiger partial charge in [0.1, 0.15) is 11.3 Å². The summed E-state index contributed by atoms with van der Waals surface area (Å²) < 4.78 is 14.0. The fourth-order valence-electron chi connectivity index (χ4n) is 3.81. The van der Waals surface area contributed by atoms with E-state index in [2.05, 4.69) is 29.2 Å². The molecule has 0 amide bonds. The minimum absolute atomic E-state index is 0.370. The number of aromatic nitrogens is 2. The molecule has 4 aromatic rings. The smallest absolute Gasteiger partial charge is 0.123 e. The zero-order valence-electron chi connectivity index (χ0n) is 15.4. The van der Waals surface area contributed by atoms with E-state index in [1.54, 1.807) is 12.1 Å². The molecule has 0 N–H and O–H groups in total. The van der Waals surface area contributed by atoms with Crippen LogP contribution in [0.4, 0.5) is 4.39 Å². The van der Waals surface area contributed by atoms with Crippen LogP contribution in [0.15, 0.2) is 60.7 Å². The third kappa shape index (κ3) is 3.48. The monoisotopic (exact) mass is 423 g/mol. The van der Waals surface area contributed by atoms with E-state index in [1.165, 1.54) is 23.3 Å². The van der Waals surface area contributed by atoms with Crippen LogP contribution in [0.25, 0.3) is 22.3 Å². The molecule has 144 valence electrons. The van der Waals surface area contributed by atoms with Gasteiger partial charge in [0.05, 0.1) is 26.9 Å². The van der Waals surface area contributed by atoms with E-state index in [-0.39, 0.29) is 5.82 Å². The SMILES string of the molecule is Fc1ccc(Cl)c(-c2nc3c(Cl)cccc3nc2CN2Cc3ccccc3C2)c1. The van der Waals surface area contributed by atoms with Crippen molar-refractivity contribution >= 4 is 34.2 Å². The molecular formula is C23H16Cl2FN3. The van der Waals surface area contributed by atoms with E-state index in [1.807, 2.05) is 12.1 Å². The highest BCUT2D eigenvalue weighted by Crippen LogP contribution is 2.34. The van der Waals surface area contributed by atoms with Gasteiger partial charge in [0.25, 0.3) is 0 Å². The Morgan fingerprint density at radius 3 is 2.38 bits per heavy atom. The Bertz CT molecular complexity index is 1220. The first-order valence-corrected chi connectivity index (χ1v) is 10.0. The van der Waals surface area contributed by atoms with Gasteiger partial charge in [0.2, 0.25) is 0 Å². The molecule has 2 heterocycles. The molecule has 3 nitrogen and oxygen atoms in total. The van der Waals surface area contributed by atoms with Crippen molar-refractivity contribution in [3.8, 4) is 11.3 Å². The van der Waals surface area contributed by atoms with Crippen molar-refractivity contribution in [1.29, 1.82) is 0 Å². The minimum atomic E-state index is -0.370. The van der Waals surface area contributed by atoms with Crippen LogP contribution in [0, 0.1) is 5.82 Å². The molecule has 0 radical (unpaired) electrons. The van der Waals surface area contributed by atoms with Crippen LogP contribution in [0.5, 0.6) is 0 Å². The maximum Gasteiger partial charge on any atom is 0.123 e. The predicted octanol–water partition coefficient (Wildman–Crippen LogP) is 6.26. The first-order chi connectivity index (χ1) is 14.1. The van der Waals surface area contributed by atoms with E-state index in [9.17, 15) is 4.39 Å². The van der Waals surface area contributed by atoms with Crippen molar-refractivity contribution in [2.45, 2.75) is 19.6 Å². The lowest BCUT2D eigenvalue weighted by Gasteiger charge is -2.18. The molecule has 1 aliphatic heterocycles. The van der Waals surface area contributed by atoms with Gasteiger partial charge in [-0.1, -0.05) is 53.5 Å². The first kappa shape index (κ1) is 18.5. The Labute approximate surface area is 177 Å². The summed E-state index contributed by atoms with van der Waals surface area (Å²) in [4.78, 5) is 11.9. The summed E-state index contributed by atoms with van der Waals surface area (Å²) in [6.07, 6.45) is 0. The molecule has 0 aliphatic carbocycles. The van der Waals surface area contributed by atoms with Gasteiger partial charge in [-0.05, 0) is 41.5 Å². The van der Waals surface area contributed by atoms with Crippen molar-refractivity contribution in [2.24, 2.45) is 0 Å². The molecule has 0 atom stereocenters. The second kappa shape index (κ2) is 7.38. The normalized spacial score (nSPS) is 13.8. The number of hydrogen-bond acceptors (Lipinski definition) is 3. The zero-order chi connectivity index (χ0) is 20.0. The Hall–Kier alpha value is -2.53. The molecule has 29 heavy (non-hydrogen) atoms. The number of nitrogens with zero attached hydrogens (tertiary/aromatic N) is 3. The lowest BCUT2D eigenvalue weighted by atomic mass is 10.1. The molecule has 0 saturated heterocycles. The molecule has 3 aromatic carbocycles. The van der Waals surface area contributed by atoms with Gasteiger partial charge in [-0.25, -0.2) is 14.4 Å². The van der Waals surface area contributed by atoms with E-state index < -0.39 is 0 Å². The average Bonchev–Trinajstić information content (AvgIpc) is 3.12. The molecule has 0 bridgehead atoms. The summed E-state index contributed by atoms with van der Waals surface area (Å²) in [6.45, 7) is 2.25. The Morgan fingerprint density at radius 2 is 1.62 bits per heavy atom. The number of halogens is 3. The number of rotatable bonds is 3. The molecule has 0 fully saturated rings. The lowest BCUT2D eigenvalue weighted by Crippen LogP contribution is -2.18. The largest absolute Gasteiger partial charge is 0.289 e. The molecule has 5 rings (SSSR count). The summed E-state index contributed by atoms with van der Waals surface area (Å²) in [5.74, 6) is -0.370. The van der Waals surface area contributed by atoms with Gasteiger partial charge in [-0.2, -0.15) is 0 Å². The summed E-state index contributed by atoms with van der Waals surface area (Å²) in [6, 6.07) is 18.2. The number of hydrogen-bond donors (Lipinski definition) is 0. The maximum absolute atomic E-state index is 14.0. The summed E-state index contributed by atoms with van der Waals surface area (Å²) in [5.41, 5.74) is 5.75. The predicted molar refractivity (Wildman–Crippen MR) is 114 cm³/mol. The Morgan fingerprint density at radius 1 is 0.862 bits per heavy atom. The average molecular weight is 424 g/mol. The summed E-state index contributed by atoms with van der Waals surface area (Å²) in [5, 5.41) is 0.932. The molecule has 0 spiro atoms. The maximum atomic E-state index is 14.0. The Balaban J connectivity index is 1.63.